The number of hydrogen-bond acceptors (Lipinski definition) is 2. The highest BCUT2D eigenvalue weighted by atomic mass is 32.2. The molecule has 0 aromatic carbocycles. The molecule has 0 aliphatic carbocycles. The summed E-state index contributed by atoms with van der Waals surface area (Å²) in [6.07, 6.45) is 7.38. The molecule has 1 unspecified atom stereocenters. The van der Waals surface area contributed by atoms with Crippen LogP contribution in [0.15, 0.2) is 0 Å². The molecule has 0 amide bonds. The Kier molecular flexibility index (Phi) is 9.64. The molecule has 0 spiro atoms. The Hall–Kier alpha value is 0.310. The van der Waals surface area contributed by atoms with Gasteiger partial charge in [0, 0.05) is 6.04 Å². The molecule has 0 rings (SSSR count). The fourth-order valence-corrected chi connectivity index (χ4v) is 1.75. The zero-order valence-electron chi connectivity index (χ0n) is 8.73. The largest absolute Gasteiger partial charge is 0.314 e. The van der Waals surface area contributed by atoms with Crippen LogP contribution in [-0.2, 0) is 0 Å². The molecule has 2 heteroatoms. The van der Waals surface area contributed by atoms with Crippen LogP contribution >= 0.6 is 11.8 Å². The first-order chi connectivity index (χ1) is 5.85. The van der Waals surface area contributed by atoms with E-state index >= 15 is 0 Å². The van der Waals surface area contributed by atoms with E-state index in [0.717, 1.165) is 6.04 Å². The topological polar surface area (TPSA) is 12.0 Å². The number of nitrogens with one attached hydrogen (secondary N) is 1. The highest BCUT2D eigenvalue weighted by Gasteiger charge is 2.01. The molecule has 12 heavy (non-hydrogen) atoms. The van der Waals surface area contributed by atoms with Crippen LogP contribution in [0.2, 0.25) is 0 Å². The minimum absolute atomic E-state index is 0.761. The third kappa shape index (κ3) is 6.99. The quantitative estimate of drug-likeness (QED) is 0.589. The van der Waals surface area contributed by atoms with Crippen LogP contribution < -0.4 is 5.32 Å². The molecule has 0 aromatic rings. The van der Waals surface area contributed by atoms with Crippen LogP contribution in [0.5, 0.6) is 0 Å². The minimum Gasteiger partial charge on any atom is -0.314 e. The van der Waals surface area contributed by atoms with Crippen molar-refractivity contribution in [2.24, 2.45) is 0 Å². The molecule has 0 heterocycles. The first-order valence-corrected chi connectivity index (χ1v) is 6.46. The lowest BCUT2D eigenvalue weighted by Gasteiger charge is -2.15. The summed E-state index contributed by atoms with van der Waals surface area (Å²) in [5, 5.41) is 3.59. The molecule has 0 bridgehead atoms. The Morgan fingerprint density at radius 1 is 1.33 bits per heavy atom. The van der Waals surface area contributed by atoms with E-state index in [-0.39, 0.29) is 0 Å². The van der Waals surface area contributed by atoms with Crippen molar-refractivity contribution in [2.75, 3.05) is 18.6 Å². The Morgan fingerprint density at radius 3 is 2.58 bits per heavy atom. The summed E-state index contributed by atoms with van der Waals surface area (Å²) in [4.78, 5) is 0. The van der Waals surface area contributed by atoms with Crippen LogP contribution in [0.3, 0.4) is 0 Å². The molecule has 0 fully saturated rings. The maximum absolute atomic E-state index is 3.59. The van der Waals surface area contributed by atoms with Crippen molar-refractivity contribution in [1.29, 1.82) is 0 Å². The fraction of sp³-hybridized carbons (Fsp3) is 1.00. The van der Waals surface area contributed by atoms with Gasteiger partial charge in [0.2, 0.25) is 0 Å². The SMILES string of the molecule is CCCC(CC)NCCCSC. The second kappa shape index (κ2) is 9.40. The molecule has 0 radical (unpaired) electrons. The fourth-order valence-electron chi connectivity index (χ4n) is 1.32. The summed E-state index contributed by atoms with van der Waals surface area (Å²) >= 11 is 1.93. The summed E-state index contributed by atoms with van der Waals surface area (Å²) < 4.78 is 0. The minimum atomic E-state index is 0.761. The Morgan fingerprint density at radius 2 is 2.08 bits per heavy atom. The van der Waals surface area contributed by atoms with Gasteiger partial charge in [-0.05, 0) is 37.8 Å². The number of thioether (sulfide) groups is 1. The van der Waals surface area contributed by atoms with Gasteiger partial charge in [0.1, 0.15) is 0 Å². The average molecular weight is 189 g/mol. The van der Waals surface area contributed by atoms with Crippen molar-refractivity contribution in [3.05, 3.63) is 0 Å². The zero-order chi connectivity index (χ0) is 9.23. The molecular formula is C10H23NS. The van der Waals surface area contributed by atoms with Gasteiger partial charge in [0.15, 0.2) is 0 Å². The van der Waals surface area contributed by atoms with Crippen molar-refractivity contribution in [2.45, 2.75) is 45.6 Å². The first-order valence-electron chi connectivity index (χ1n) is 5.07. The Labute approximate surface area is 81.7 Å². The van der Waals surface area contributed by atoms with Gasteiger partial charge in [-0.1, -0.05) is 20.3 Å². The van der Waals surface area contributed by atoms with E-state index in [1.54, 1.807) is 0 Å². The maximum Gasteiger partial charge on any atom is 0.00643 e. The molecule has 1 atom stereocenters. The lowest BCUT2D eigenvalue weighted by Crippen LogP contribution is -2.29. The second-order valence-corrected chi connectivity index (χ2v) is 4.18. The van der Waals surface area contributed by atoms with E-state index in [1.165, 1.54) is 38.0 Å². The third-order valence-electron chi connectivity index (χ3n) is 2.09. The van der Waals surface area contributed by atoms with Gasteiger partial charge in [-0.15, -0.1) is 0 Å². The molecule has 0 saturated heterocycles. The lowest BCUT2D eigenvalue weighted by atomic mass is 10.1. The van der Waals surface area contributed by atoms with Crippen LogP contribution in [0.25, 0.3) is 0 Å². The van der Waals surface area contributed by atoms with Crippen LogP contribution in [0.1, 0.15) is 39.5 Å². The predicted octanol–water partition coefficient (Wildman–Crippen LogP) is 2.91. The smallest absolute Gasteiger partial charge is 0.00643 e. The summed E-state index contributed by atoms with van der Waals surface area (Å²) in [6, 6.07) is 0.761. The Bertz CT molecular complexity index is 85.9. The van der Waals surface area contributed by atoms with E-state index in [0.29, 0.717) is 0 Å². The third-order valence-corrected chi connectivity index (χ3v) is 2.79. The zero-order valence-corrected chi connectivity index (χ0v) is 9.54. The van der Waals surface area contributed by atoms with Crippen LogP contribution in [-0.4, -0.2) is 24.6 Å². The van der Waals surface area contributed by atoms with Gasteiger partial charge in [0.25, 0.3) is 0 Å². The monoisotopic (exact) mass is 189 g/mol. The highest BCUT2D eigenvalue weighted by Crippen LogP contribution is 2.01. The van der Waals surface area contributed by atoms with Gasteiger partial charge in [0.05, 0.1) is 0 Å². The molecule has 74 valence electrons. The van der Waals surface area contributed by atoms with Crippen molar-refractivity contribution >= 4 is 11.8 Å². The van der Waals surface area contributed by atoms with Crippen molar-refractivity contribution in [1.82, 2.24) is 5.32 Å². The number of hydrogen-bond donors (Lipinski definition) is 1. The molecule has 0 aliphatic rings. The van der Waals surface area contributed by atoms with Crippen molar-refractivity contribution in [3.8, 4) is 0 Å². The van der Waals surface area contributed by atoms with Crippen LogP contribution in [0.4, 0.5) is 0 Å². The van der Waals surface area contributed by atoms with E-state index in [9.17, 15) is 0 Å². The number of rotatable bonds is 8. The van der Waals surface area contributed by atoms with E-state index in [4.69, 9.17) is 0 Å². The average Bonchev–Trinajstić information content (AvgIpc) is 2.10. The Balaban J connectivity index is 3.19. The second-order valence-electron chi connectivity index (χ2n) is 3.19. The van der Waals surface area contributed by atoms with E-state index in [2.05, 4.69) is 25.4 Å². The summed E-state index contributed by atoms with van der Waals surface area (Å²) in [5.74, 6) is 1.29. The summed E-state index contributed by atoms with van der Waals surface area (Å²) in [6.45, 7) is 5.72. The van der Waals surface area contributed by atoms with E-state index in [1.807, 2.05) is 11.8 Å². The molecule has 0 saturated carbocycles. The van der Waals surface area contributed by atoms with Gasteiger partial charge >= 0.3 is 0 Å². The van der Waals surface area contributed by atoms with Gasteiger partial charge < -0.3 is 5.32 Å². The molecule has 1 nitrogen and oxygen atoms in total. The van der Waals surface area contributed by atoms with Gasteiger partial charge in [-0.2, -0.15) is 11.8 Å². The van der Waals surface area contributed by atoms with E-state index < -0.39 is 0 Å². The van der Waals surface area contributed by atoms with Gasteiger partial charge in [-0.25, -0.2) is 0 Å². The maximum atomic E-state index is 3.59. The molecule has 1 N–H and O–H groups in total. The van der Waals surface area contributed by atoms with Crippen molar-refractivity contribution in [3.63, 3.8) is 0 Å². The molecular weight excluding hydrogens is 166 g/mol. The van der Waals surface area contributed by atoms with Gasteiger partial charge in [-0.3, -0.25) is 0 Å². The molecule has 0 aromatic heterocycles. The van der Waals surface area contributed by atoms with Crippen LogP contribution in [0, 0.1) is 0 Å². The first kappa shape index (κ1) is 12.3. The summed E-state index contributed by atoms with van der Waals surface area (Å²) in [5.41, 5.74) is 0. The lowest BCUT2D eigenvalue weighted by molar-refractivity contribution is 0.464. The standard InChI is InChI=1S/C10H23NS/c1-4-7-10(5-2)11-8-6-9-12-3/h10-11H,4-9H2,1-3H3. The normalized spacial score (nSPS) is 13.2. The molecule has 0 aliphatic heterocycles. The summed E-state index contributed by atoms with van der Waals surface area (Å²) in [7, 11) is 0. The van der Waals surface area contributed by atoms with Crippen molar-refractivity contribution < 1.29 is 0 Å². The predicted molar refractivity (Wildman–Crippen MR) is 60.0 cm³/mol. The highest BCUT2D eigenvalue weighted by molar-refractivity contribution is 7.98.